The Morgan fingerprint density at radius 3 is 2.70 bits per heavy atom. The van der Waals surface area contributed by atoms with Crippen LogP contribution in [0.25, 0.3) is 0 Å². The summed E-state index contributed by atoms with van der Waals surface area (Å²) in [7, 11) is 0. The summed E-state index contributed by atoms with van der Waals surface area (Å²) in [5.74, 6) is 0.756. The molecule has 2 N–H and O–H groups in total. The minimum atomic E-state index is -0.262. The standard InChI is InChI=1S/C16H19ClN2O/c1-3-14(18)16(15-6-4-5-9-19-15)20-12-7-8-13(17)11(2)10-12/h4-10,14,16H,3,18H2,1-2H3. The van der Waals surface area contributed by atoms with Crippen LogP contribution >= 0.6 is 11.6 Å². The monoisotopic (exact) mass is 290 g/mol. The number of nitrogens with zero attached hydrogens (tertiary/aromatic N) is 1. The first kappa shape index (κ1) is 14.8. The van der Waals surface area contributed by atoms with Gasteiger partial charge >= 0.3 is 0 Å². The lowest BCUT2D eigenvalue weighted by molar-refractivity contribution is 0.166. The summed E-state index contributed by atoms with van der Waals surface area (Å²) in [6.07, 6.45) is 2.30. The second-order valence-electron chi connectivity index (χ2n) is 4.78. The highest BCUT2D eigenvalue weighted by atomic mass is 35.5. The molecular formula is C16H19ClN2O. The van der Waals surface area contributed by atoms with Gasteiger partial charge in [0.25, 0.3) is 0 Å². The Morgan fingerprint density at radius 1 is 1.30 bits per heavy atom. The van der Waals surface area contributed by atoms with Gasteiger partial charge in [-0.2, -0.15) is 0 Å². The van der Waals surface area contributed by atoms with Crippen molar-refractivity contribution in [2.45, 2.75) is 32.4 Å². The molecule has 20 heavy (non-hydrogen) atoms. The van der Waals surface area contributed by atoms with Crippen molar-refractivity contribution in [3.63, 3.8) is 0 Å². The highest BCUT2D eigenvalue weighted by molar-refractivity contribution is 6.31. The molecule has 0 radical (unpaired) electrons. The largest absolute Gasteiger partial charge is 0.482 e. The minimum absolute atomic E-state index is 0.110. The van der Waals surface area contributed by atoms with Crippen LogP contribution in [-0.4, -0.2) is 11.0 Å². The second-order valence-corrected chi connectivity index (χ2v) is 5.18. The number of benzene rings is 1. The molecule has 0 spiro atoms. The molecule has 0 saturated carbocycles. The van der Waals surface area contributed by atoms with Crippen molar-refractivity contribution < 1.29 is 4.74 Å². The number of aromatic nitrogens is 1. The Morgan fingerprint density at radius 2 is 2.10 bits per heavy atom. The molecule has 1 aromatic carbocycles. The maximum Gasteiger partial charge on any atom is 0.155 e. The average molecular weight is 291 g/mol. The van der Waals surface area contributed by atoms with Crippen molar-refractivity contribution in [1.82, 2.24) is 4.98 Å². The molecule has 2 aromatic rings. The summed E-state index contributed by atoms with van der Waals surface area (Å²) in [6, 6.07) is 11.2. The number of ether oxygens (including phenoxy) is 1. The predicted molar refractivity (Wildman–Crippen MR) is 82.1 cm³/mol. The van der Waals surface area contributed by atoms with Crippen molar-refractivity contribution in [1.29, 1.82) is 0 Å². The number of pyridine rings is 1. The fraction of sp³-hybridized carbons (Fsp3) is 0.312. The zero-order chi connectivity index (χ0) is 14.5. The van der Waals surface area contributed by atoms with E-state index in [0.717, 1.165) is 28.5 Å². The van der Waals surface area contributed by atoms with Gasteiger partial charge in [0.15, 0.2) is 6.10 Å². The summed E-state index contributed by atoms with van der Waals surface area (Å²) >= 11 is 6.03. The van der Waals surface area contributed by atoms with Crippen LogP contribution < -0.4 is 10.5 Å². The van der Waals surface area contributed by atoms with Gasteiger partial charge in [0.1, 0.15) is 5.75 Å². The lowest BCUT2D eigenvalue weighted by Crippen LogP contribution is -2.32. The van der Waals surface area contributed by atoms with Gasteiger partial charge < -0.3 is 10.5 Å². The molecule has 0 fully saturated rings. The normalized spacial score (nSPS) is 13.8. The molecule has 1 heterocycles. The van der Waals surface area contributed by atoms with E-state index in [2.05, 4.69) is 4.98 Å². The molecule has 2 atom stereocenters. The van der Waals surface area contributed by atoms with Crippen LogP contribution in [0.1, 0.15) is 30.7 Å². The SMILES string of the molecule is CCC(N)C(Oc1ccc(Cl)c(C)c1)c1ccccn1. The first-order valence-electron chi connectivity index (χ1n) is 6.71. The number of nitrogens with two attached hydrogens (primary N) is 1. The molecule has 0 amide bonds. The van der Waals surface area contributed by atoms with Crippen LogP contribution in [0.4, 0.5) is 0 Å². The van der Waals surface area contributed by atoms with Crippen LogP contribution in [0.2, 0.25) is 5.02 Å². The molecular weight excluding hydrogens is 272 g/mol. The lowest BCUT2D eigenvalue weighted by atomic mass is 10.1. The smallest absolute Gasteiger partial charge is 0.155 e. The van der Waals surface area contributed by atoms with E-state index in [-0.39, 0.29) is 12.1 Å². The van der Waals surface area contributed by atoms with Crippen molar-refractivity contribution in [2.24, 2.45) is 5.73 Å². The minimum Gasteiger partial charge on any atom is -0.482 e. The molecule has 0 aliphatic heterocycles. The Bertz CT molecular complexity index is 560. The maximum atomic E-state index is 6.17. The molecule has 0 aliphatic rings. The van der Waals surface area contributed by atoms with Gasteiger partial charge in [0.2, 0.25) is 0 Å². The molecule has 0 aliphatic carbocycles. The van der Waals surface area contributed by atoms with Crippen LogP contribution in [0.5, 0.6) is 5.75 Å². The second kappa shape index (κ2) is 6.73. The van der Waals surface area contributed by atoms with Gasteiger partial charge in [-0.25, -0.2) is 0 Å². The van der Waals surface area contributed by atoms with E-state index in [1.807, 2.05) is 50.2 Å². The third-order valence-electron chi connectivity index (χ3n) is 3.23. The first-order valence-corrected chi connectivity index (χ1v) is 7.09. The maximum absolute atomic E-state index is 6.17. The quantitative estimate of drug-likeness (QED) is 0.908. The van der Waals surface area contributed by atoms with Crippen LogP contribution in [-0.2, 0) is 0 Å². The van der Waals surface area contributed by atoms with Crippen molar-refractivity contribution in [3.8, 4) is 5.75 Å². The first-order chi connectivity index (χ1) is 9.61. The molecule has 3 nitrogen and oxygen atoms in total. The summed E-state index contributed by atoms with van der Waals surface area (Å²) in [5.41, 5.74) is 8.00. The lowest BCUT2D eigenvalue weighted by Gasteiger charge is -2.24. The zero-order valence-electron chi connectivity index (χ0n) is 11.7. The van der Waals surface area contributed by atoms with Gasteiger partial charge in [0, 0.05) is 17.3 Å². The Labute approximate surface area is 124 Å². The Kier molecular flexibility index (Phi) is 4.99. The van der Waals surface area contributed by atoms with E-state index in [4.69, 9.17) is 22.1 Å². The third kappa shape index (κ3) is 3.50. The Balaban J connectivity index is 2.26. The fourth-order valence-corrected chi connectivity index (χ4v) is 2.08. The zero-order valence-corrected chi connectivity index (χ0v) is 12.5. The van der Waals surface area contributed by atoms with E-state index >= 15 is 0 Å². The van der Waals surface area contributed by atoms with Gasteiger partial charge in [-0.05, 0) is 49.2 Å². The van der Waals surface area contributed by atoms with Gasteiger partial charge in [0.05, 0.1) is 5.69 Å². The van der Waals surface area contributed by atoms with Crippen molar-refractivity contribution in [3.05, 3.63) is 58.9 Å². The predicted octanol–water partition coefficient (Wildman–Crippen LogP) is 3.90. The number of hydrogen-bond acceptors (Lipinski definition) is 3. The summed E-state index contributed by atoms with van der Waals surface area (Å²) in [5, 5.41) is 0.728. The van der Waals surface area contributed by atoms with E-state index in [1.165, 1.54) is 0 Å². The van der Waals surface area contributed by atoms with Crippen LogP contribution in [0, 0.1) is 6.92 Å². The van der Waals surface area contributed by atoms with E-state index in [9.17, 15) is 0 Å². The van der Waals surface area contributed by atoms with Crippen molar-refractivity contribution >= 4 is 11.6 Å². The molecule has 2 unspecified atom stereocenters. The number of hydrogen-bond donors (Lipinski definition) is 1. The van der Waals surface area contributed by atoms with Gasteiger partial charge in [-0.1, -0.05) is 24.6 Å². The average Bonchev–Trinajstić information content (AvgIpc) is 2.48. The van der Waals surface area contributed by atoms with Crippen LogP contribution in [0.15, 0.2) is 42.6 Å². The highest BCUT2D eigenvalue weighted by Gasteiger charge is 2.21. The molecule has 0 saturated heterocycles. The molecule has 106 valence electrons. The van der Waals surface area contributed by atoms with E-state index in [0.29, 0.717) is 0 Å². The third-order valence-corrected chi connectivity index (χ3v) is 3.66. The molecule has 0 bridgehead atoms. The fourth-order valence-electron chi connectivity index (χ4n) is 1.96. The summed E-state index contributed by atoms with van der Waals surface area (Å²) in [6.45, 7) is 3.99. The highest BCUT2D eigenvalue weighted by Crippen LogP contribution is 2.27. The number of aryl methyl sites for hydroxylation is 1. The molecule has 2 rings (SSSR count). The number of halogens is 1. The number of rotatable bonds is 5. The van der Waals surface area contributed by atoms with Crippen molar-refractivity contribution in [2.75, 3.05) is 0 Å². The topological polar surface area (TPSA) is 48.1 Å². The van der Waals surface area contributed by atoms with Crippen LogP contribution in [0.3, 0.4) is 0 Å². The Hall–Kier alpha value is -1.58. The van der Waals surface area contributed by atoms with Gasteiger partial charge in [-0.3, -0.25) is 4.98 Å². The summed E-state index contributed by atoms with van der Waals surface area (Å²) in [4.78, 5) is 4.35. The van der Waals surface area contributed by atoms with Gasteiger partial charge in [-0.15, -0.1) is 0 Å². The molecule has 4 heteroatoms. The van der Waals surface area contributed by atoms with E-state index in [1.54, 1.807) is 6.20 Å². The molecule has 1 aromatic heterocycles. The van der Waals surface area contributed by atoms with E-state index < -0.39 is 0 Å². The summed E-state index contributed by atoms with van der Waals surface area (Å²) < 4.78 is 6.04.